The Hall–Kier alpha value is -1.78. The summed E-state index contributed by atoms with van der Waals surface area (Å²) in [5, 5.41) is 8.80. The highest BCUT2D eigenvalue weighted by Crippen LogP contribution is 2.26. The summed E-state index contributed by atoms with van der Waals surface area (Å²) < 4.78 is 5.51. The zero-order chi connectivity index (χ0) is 14.9. The molecular formula is C15H21NO4. The third-order valence-corrected chi connectivity index (χ3v) is 4.14. The van der Waals surface area contributed by atoms with Gasteiger partial charge in [-0.2, -0.15) is 0 Å². The minimum atomic E-state index is -0.757. The fourth-order valence-electron chi connectivity index (χ4n) is 2.85. The number of piperidine rings is 1. The molecular weight excluding hydrogens is 258 g/mol. The van der Waals surface area contributed by atoms with Crippen LogP contribution >= 0.6 is 0 Å². The number of carboxylic acids is 1. The summed E-state index contributed by atoms with van der Waals surface area (Å²) in [6.07, 6.45) is 1.71. The number of carbonyl (C=O) groups is 2. The van der Waals surface area contributed by atoms with E-state index in [-0.39, 0.29) is 18.2 Å². The SMILES string of the molecule is Cc1oc(C)c(C(=O)N2CCC(CC(=O)O)CC2)c1C. The second kappa shape index (κ2) is 5.69. The molecule has 0 aliphatic carbocycles. The molecule has 0 unspecified atom stereocenters. The number of hydrogen-bond acceptors (Lipinski definition) is 3. The van der Waals surface area contributed by atoms with E-state index in [1.165, 1.54) is 0 Å². The first-order valence-corrected chi connectivity index (χ1v) is 6.97. The van der Waals surface area contributed by atoms with Crippen LogP contribution < -0.4 is 0 Å². The number of rotatable bonds is 3. The lowest BCUT2D eigenvalue weighted by molar-refractivity contribution is -0.138. The van der Waals surface area contributed by atoms with E-state index in [9.17, 15) is 9.59 Å². The molecule has 1 fully saturated rings. The monoisotopic (exact) mass is 279 g/mol. The fraction of sp³-hybridized carbons (Fsp3) is 0.600. The first kappa shape index (κ1) is 14.6. The summed E-state index contributed by atoms with van der Waals surface area (Å²) in [6.45, 7) is 6.82. The zero-order valence-corrected chi connectivity index (χ0v) is 12.2. The highest BCUT2D eigenvalue weighted by molar-refractivity contribution is 5.96. The Balaban J connectivity index is 2.03. The van der Waals surface area contributed by atoms with Gasteiger partial charge in [-0.05, 0) is 39.5 Å². The van der Waals surface area contributed by atoms with Crippen LogP contribution in [0.2, 0.25) is 0 Å². The number of nitrogens with zero attached hydrogens (tertiary/aromatic N) is 1. The Morgan fingerprint density at radius 1 is 1.20 bits per heavy atom. The Morgan fingerprint density at radius 3 is 2.25 bits per heavy atom. The molecule has 2 heterocycles. The molecule has 1 aromatic rings. The molecule has 0 saturated carbocycles. The van der Waals surface area contributed by atoms with Gasteiger partial charge in [-0.1, -0.05) is 0 Å². The minimum absolute atomic E-state index is 0.00521. The van der Waals surface area contributed by atoms with Crippen molar-refractivity contribution in [3.05, 3.63) is 22.6 Å². The van der Waals surface area contributed by atoms with Crippen molar-refractivity contribution in [2.75, 3.05) is 13.1 Å². The molecule has 1 aliphatic heterocycles. The third-order valence-electron chi connectivity index (χ3n) is 4.14. The number of carboxylic acid groups (broad SMARTS) is 1. The second-order valence-corrected chi connectivity index (χ2v) is 5.55. The van der Waals surface area contributed by atoms with Crippen molar-refractivity contribution in [3.63, 3.8) is 0 Å². The first-order valence-electron chi connectivity index (χ1n) is 6.97. The van der Waals surface area contributed by atoms with Gasteiger partial charge < -0.3 is 14.4 Å². The van der Waals surface area contributed by atoms with E-state index in [0.717, 1.165) is 24.2 Å². The van der Waals surface area contributed by atoms with Gasteiger partial charge in [0.1, 0.15) is 11.5 Å². The fourth-order valence-corrected chi connectivity index (χ4v) is 2.85. The summed E-state index contributed by atoms with van der Waals surface area (Å²) in [5.74, 6) is 0.881. The highest BCUT2D eigenvalue weighted by Gasteiger charge is 2.28. The predicted octanol–water partition coefficient (Wildman–Crippen LogP) is 2.53. The quantitative estimate of drug-likeness (QED) is 0.923. The summed E-state index contributed by atoms with van der Waals surface area (Å²) in [6, 6.07) is 0. The Morgan fingerprint density at radius 2 is 1.80 bits per heavy atom. The van der Waals surface area contributed by atoms with Crippen molar-refractivity contribution in [1.82, 2.24) is 4.90 Å². The van der Waals surface area contributed by atoms with E-state index in [4.69, 9.17) is 9.52 Å². The molecule has 1 saturated heterocycles. The third kappa shape index (κ3) is 2.86. The lowest BCUT2D eigenvalue weighted by atomic mass is 9.93. The highest BCUT2D eigenvalue weighted by atomic mass is 16.4. The average Bonchev–Trinajstić information content (AvgIpc) is 2.63. The van der Waals surface area contributed by atoms with Crippen molar-refractivity contribution in [2.45, 2.75) is 40.0 Å². The number of likely N-dealkylation sites (tertiary alicyclic amines) is 1. The van der Waals surface area contributed by atoms with E-state index in [1.54, 1.807) is 0 Å². The second-order valence-electron chi connectivity index (χ2n) is 5.55. The molecule has 2 rings (SSSR count). The van der Waals surface area contributed by atoms with Crippen LogP contribution in [0.5, 0.6) is 0 Å². The summed E-state index contributed by atoms with van der Waals surface area (Å²) in [5.41, 5.74) is 1.57. The summed E-state index contributed by atoms with van der Waals surface area (Å²) in [4.78, 5) is 25.0. The maximum absolute atomic E-state index is 12.5. The molecule has 0 spiro atoms. The van der Waals surface area contributed by atoms with Crippen molar-refractivity contribution in [1.29, 1.82) is 0 Å². The molecule has 5 nitrogen and oxygen atoms in total. The average molecular weight is 279 g/mol. The molecule has 0 atom stereocenters. The van der Waals surface area contributed by atoms with Crippen LogP contribution in [0.3, 0.4) is 0 Å². The molecule has 0 aromatic carbocycles. The molecule has 5 heteroatoms. The van der Waals surface area contributed by atoms with E-state index in [0.29, 0.717) is 24.4 Å². The summed E-state index contributed by atoms with van der Waals surface area (Å²) in [7, 11) is 0. The van der Waals surface area contributed by atoms with Crippen molar-refractivity contribution < 1.29 is 19.1 Å². The molecule has 20 heavy (non-hydrogen) atoms. The number of carbonyl (C=O) groups excluding carboxylic acids is 1. The van der Waals surface area contributed by atoms with Gasteiger partial charge in [-0.15, -0.1) is 0 Å². The van der Waals surface area contributed by atoms with Gasteiger partial charge in [0.05, 0.1) is 5.56 Å². The minimum Gasteiger partial charge on any atom is -0.481 e. The van der Waals surface area contributed by atoms with Gasteiger partial charge in [0.25, 0.3) is 5.91 Å². The summed E-state index contributed by atoms with van der Waals surface area (Å²) >= 11 is 0. The van der Waals surface area contributed by atoms with Gasteiger partial charge >= 0.3 is 5.97 Å². The molecule has 1 aliphatic rings. The van der Waals surface area contributed by atoms with Crippen LogP contribution in [0.25, 0.3) is 0 Å². The molecule has 1 aromatic heterocycles. The predicted molar refractivity (Wildman–Crippen MR) is 73.8 cm³/mol. The maximum atomic E-state index is 12.5. The van der Waals surface area contributed by atoms with E-state index >= 15 is 0 Å². The Kier molecular flexibility index (Phi) is 4.16. The maximum Gasteiger partial charge on any atom is 0.303 e. The number of hydrogen-bond donors (Lipinski definition) is 1. The number of amides is 1. The van der Waals surface area contributed by atoms with Crippen LogP contribution in [0, 0.1) is 26.7 Å². The lowest BCUT2D eigenvalue weighted by Crippen LogP contribution is -2.39. The van der Waals surface area contributed by atoms with Gasteiger partial charge in [-0.3, -0.25) is 9.59 Å². The number of aryl methyl sites for hydroxylation is 2. The Labute approximate surface area is 118 Å². The van der Waals surface area contributed by atoms with Gasteiger partial charge in [-0.25, -0.2) is 0 Å². The van der Waals surface area contributed by atoms with Crippen molar-refractivity contribution in [2.24, 2.45) is 5.92 Å². The topological polar surface area (TPSA) is 70.8 Å². The van der Waals surface area contributed by atoms with Gasteiger partial charge in [0.15, 0.2) is 0 Å². The molecule has 110 valence electrons. The van der Waals surface area contributed by atoms with Crippen LogP contribution in [0.4, 0.5) is 0 Å². The van der Waals surface area contributed by atoms with E-state index in [2.05, 4.69) is 0 Å². The Bertz CT molecular complexity index is 524. The van der Waals surface area contributed by atoms with E-state index < -0.39 is 5.97 Å². The van der Waals surface area contributed by atoms with Crippen LogP contribution in [-0.2, 0) is 4.79 Å². The first-order chi connectivity index (χ1) is 9.40. The van der Waals surface area contributed by atoms with Crippen molar-refractivity contribution in [3.8, 4) is 0 Å². The number of furan rings is 1. The van der Waals surface area contributed by atoms with E-state index in [1.807, 2.05) is 25.7 Å². The van der Waals surface area contributed by atoms with Crippen LogP contribution in [0.15, 0.2) is 4.42 Å². The van der Waals surface area contributed by atoms with Crippen LogP contribution in [0.1, 0.15) is 46.7 Å². The molecule has 1 amide bonds. The molecule has 0 radical (unpaired) electrons. The zero-order valence-electron chi connectivity index (χ0n) is 12.2. The number of aliphatic carboxylic acids is 1. The van der Waals surface area contributed by atoms with Crippen LogP contribution in [-0.4, -0.2) is 35.0 Å². The van der Waals surface area contributed by atoms with Gasteiger partial charge in [0.2, 0.25) is 0 Å². The normalized spacial score (nSPS) is 16.4. The lowest BCUT2D eigenvalue weighted by Gasteiger charge is -2.31. The smallest absolute Gasteiger partial charge is 0.303 e. The largest absolute Gasteiger partial charge is 0.481 e. The standard InChI is InChI=1S/C15H21NO4/c1-9-10(2)20-11(3)14(9)15(19)16-6-4-12(5-7-16)8-13(17)18/h12H,4-8H2,1-3H3,(H,17,18). The molecule has 0 bridgehead atoms. The van der Waals surface area contributed by atoms with Gasteiger partial charge in [0, 0.05) is 25.1 Å². The van der Waals surface area contributed by atoms with Crippen molar-refractivity contribution >= 4 is 11.9 Å². The molecule has 1 N–H and O–H groups in total.